The molecule has 0 fully saturated rings. The standard InChI is InChI=1S/C14H21N3O4/c1-5-15-13-11(7-6-8-12(13)17(19)20)14(18)16(3)10(2)9-21-4/h6-8,10,15H,5,9H2,1-4H3. The van der Waals surface area contributed by atoms with E-state index < -0.39 is 4.92 Å². The second-order valence-corrected chi connectivity index (χ2v) is 4.71. The highest BCUT2D eigenvalue weighted by Crippen LogP contribution is 2.29. The zero-order chi connectivity index (χ0) is 16.0. The predicted octanol–water partition coefficient (Wildman–Crippen LogP) is 2.13. The Morgan fingerprint density at radius 1 is 1.52 bits per heavy atom. The first kappa shape index (κ1) is 16.9. The largest absolute Gasteiger partial charge is 0.383 e. The Hall–Kier alpha value is -2.15. The van der Waals surface area contributed by atoms with Crippen LogP contribution >= 0.6 is 0 Å². The number of amides is 1. The first-order valence-electron chi connectivity index (χ1n) is 6.71. The fourth-order valence-electron chi connectivity index (χ4n) is 1.98. The van der Waals surface area contributed by atoms with Crippen molar-refractivity contribution in [2.24, 2.45) is 0 Å². The number of nitrogens with zero attached hydrogens (tertiary/aromatic N) is 2. The summed E-state index contributed by atoms with van der Waals surface area (Å²) in [7, 11) is 3.22. The SMILES string of the molecule is CCNc1c(C(=O)N(C)C(C)COC)cccc1[N+](=O)[O-]. The van der Waals surface area contributed by atoms with Crippen LogP contribution in [-0.4, -0.2) is 49.1 Å². The summed E-state index contributed by atoms with van der Waals surface area (Å²) in [5.41, 5.74) is 0.443. The minimum absolute atomic E-state index is 0.101. The third kappa shape index (κ3) is 3.91. The van der Waals surface area contributed by atoms with Crippen molar-refractivity contribution in [3.8, 4) is 0 Å². The van der Waals surface area contributed by atoms with Crippen LogP contribution in [0.2, 0.25) is 0 Å². The van der Waals surface area contributed by atoms with Gasteiger partial charge in [0.25, 0.3) is 11.6 Å². The maximum atomic E-state index is 12.5. The Kier molecular flexibility index (Phi) is 6.10. The summed E-state index contributed by atoms with van der Waals surface area (Å²) >= 11 is 0. The quantitative estimate of drug-likeness (QED) is 0.615. The van der Waals surface area contributed by atoms with Gasteiger partial charge in [0.05, 0.1) is 23.1 Å². The fourth-order valence-corrected chi connectivity index (χ4v) is 1.98. The number of benzene rings is 1. The summed E-state index contributed by atoms with van der Waals surface area (Å²) in [6.45, 7) is 4.56. The van der Waals surface area contributed by atoms with E-state index in [2.05, 4.69) is 5.32 Å². The van der Waals surface area contributed by atoms with Crippen LogP contribution < -0.4 is 5.32 Å². The van der Waals surface area contributed by atoms with Gasteiger partial charge in [-0.2, -0.15) is 0 Å². The molecule has 21 heavy (non-hydrogen) atoms. The number of carbonyl (C=O) groups is 1. The van der Waals surface area contributed by atoms with Crippen molar-refractivity contribution < 1.29 is 14.5 Å². The number of nitro groups is 1. The van der Waals surface area contributed by atoms with E-state index in [1.54, 1.807) is 20.2 Å². The van der Waals surface area contributed by atoms with Crippen LogP contribution in [0.3, 0.4) is 0 Å². The Morgan fingerprint density at radius 3 is 2.71 bits per heavy atom. The van der Waals surface area contributed by atoms with E-state index in [1.807, 2.05) is 13.8 Å². The number of rotatable bonds is 7. The van der Waals surface area contributed by atoms with Crippen molar-refractivity contribution in [3.63, 3.8) is 0 Å². The molecule has 0 saturated heterocycles. The highest BCUT2D eigenvalue weighted by molar-refractivity contribution is 6.01. The first-order valence-corrected chi connectivity index (χ1v) is 6.71. The number of para-hydroxylation sites is 1. The molecule has 1 amide bonds. The summed E-state index contributed by atoms with van der Waals surface area (Å²) in [5, 5.41) is 14.0. The highest BCUT2D eigenvalue weighted by atomic mass is 16.6. The topological polar surface area (TPSA) is 84.7 Å². The van der Waals surface area contributed by atoms with Crippen molar-refractivity contribution in [2.45, 2.75) is 19.9 Å². The highest BCUT2D eigenvalue weighted by Gasteiger charge is 2.25. The molecule has 0 radical (unpaired) electrons. The van der Waals surface area contributed by atoms with E-state index in [0.717, 1.165) is 0 Å². The summed E-state index contributed by atoms with van der Waals surface area (Å²) in [4.78, 5) is 24.7. The van der Waals surface area contributed by atoms with Crippen LogP contribution in [0.4, 0.5) is 11.4 Å². The molecule has 0 saturated carbocycles. The van der Waals surface area contributed by atoms with Crippen LogP contribution in [0.25, 0.3) is 0 Å². The number of ether oxygens (including phenoxy) is 1. The van der Waals surface area contributed by atoms with Gasteiger partial charge in [0, 0.05) is 26.8 Å². The Balaban J connectivity index is 3.19. The summed E-state index contributed by atoms with van der Waals surface area (Å²) in [6.07, 6.45) is 0. The smallest absolute Gasteiger partial charge is 0.293 e. The van der Waals surface area contributed by atoms with E-state index in [0.29, 0.717) is 13.2 Å². The number of hydrogen-bond donors (Lipinski definition) is 1. The van der Waals surface area contributed by atoms with Gasteiger partial charge in [-0.05, 0) is 19.9 Å². The van der Waals surface area contributed by atoms with Gasteiger partial charge in [-0.25, -0.2) is 0 Å². The van der Waals surface area contributed by atoms with Gasteiger partial charge in [-0.3, -0.25) is 14.9 Å². The molecule has 1 N–H and O–H groups in total. The van der Waals surface area contributed by atoms with Crippen LogP contribution in [0.5, 0.6) is 0 Å². The second kappa shape index (κ2) is 7.58. The maximum Gasteiger partial charge on any atom is 0.293 e. The zero-order valence-corrected chi connectivity index (χ0v) is 12.8. The monoisotopic (exact) mass is 295 g/mol. The molecule has 116 valence electrons. The minimum Gasteiger partial charge on any atom is -0.383 e. The van der Waals surface area contributed by atoms with Gasteiger partial charge >= 0.3 is 0 Å². The number of hydrogen-bond acceptors (Lipinski definition) is 5. The number of nitrogens with one attached hydrogen (secondary N) is 1. The molecule has 1 rings (SSSR count). The zero-order valence-electron chi connectivity index (χ0n) is 12.8. The van der Waals surface area contributed by atoms with Gasteiger partial charge in [0.1, 0.15) is 5.69 Å². The molecule has 0 bridgehead atoms. The molecule has 7 heteroatoms. The van der Waals surface area contributed by atoms with Gasteiger partial charge < -0.3 is 15.0 Å². The van der Waals surface area contributed by atoms with Crippen LogP contribution in [0.15, 0.2) is 18.2 Å². The summed E-state index contributed by atoms with van der Waals surface area (Å²) < 4.78 is 5.03. The van der Waals surface area contributed by atoms with E-state index in [4.69, 9.17) is 4.74 Å². The molecule has 0 heterocycles. The summed E-state index contributed by atoms with van der Waals surface area (Å²) in [6, 6.07) is 4.36. The third-order valence-corrected chi connectivity index (χ3v) is 3.21. The number of likely N-dealkylation sites (N-methyl/N-ethyl adjacent to an activating group) is 1. The molecule has 1 aromatic rings. The van der Waals surface area contributed by atoms with Crippen molar-refractivity contribution in [2.75, 3.05) is 32.6 Å². The average Bonchev–Trinajstić information content (AvgIpc) is 2.46. The molecule has 1 atom stereocenters. The third-order valence-electron chi connectivity index (χ3n) is 3.21. The van der Waals surface area contributed by atoms with Gasteiger partial charge in [0.15, 0.2) is 0 Å². The van der Waals surface area contributed by atoms with E-state index in [9.17, 15) is 14.9 Å². The maximum absolute atomic E-state index is 12.5. The predicted molar refractivity (Wildman–Crippen MR) is 80.7 cm³/mol. The van der Waals surface area contributed by atoms with Gasteiger partial charge in [-0.15, -0.1) is 0 Å². The van der Waals surface area contributed by atoms with Crippen molar-refractivity contribution in [1.82, 2.24) is 4.90 Å². The van der Waals surface area contributed by atoms with Gasteiger partial charge in [-0.1, -0.05) is 6.07 Å². The lowest BCUT2D eigenvalue weighted by molar-refractivity contribution is -0.384. The van der Waals surface area contributed by atoms with Crippen LogP contribution in [0, 0.1) is 10.1 Å². The number of nitro benzene ring substituents is 1. The number of anilines is 1. The lowest BCUT2D eigenvalue weighted by atomic mass is 10.1. The molecule has 1 unspecified atom stereocenters. The molecule has 0 spiro atoms. The normalized spacial score (nSPS) is 11.8. The lowest BCUT2D eigenvalue weighted by Gasteiger charge is -2.25. The molecule has 0 aromatic heterocycles. The Bertz CT molecular complexity index is 519. The van der Waals surface area contributed by atoms with Gasteiger partial charge in [0.2, 0.25) is 0 Å². The van der Waals surface area contributed by atoms with Crippen molar-refractivity contribution >= 4 is 17.3 Å². The Morgan fingerprint density at radius 2 is 2.19 bits per heavy atom. The molecule has 1 aromatic carbocycles. The van der Waals surface area contributed by atoms with Crippen LogP contribution in [-0.2, 0) is 4.74 Å². The van der Waals surface area contributed by atoms with E-state index >= 15 is 0 Å². The molecule has 0 aliphatic heterocycles. The number of methoxy groups -OCH3 is 1. The minimum atomic E-state index is -0.493. The van der Waals surface area contributed by atoms with E-state index in [1.165, 1.54) is 17.0 Å². The van der Waals surface area contributed by atoms with Crippen molar-refractivity contribution in [1.29, 1.82) is 0 Å². The number of carbonyl (C=O) groups excluding carboxylic acids is 1. The molecule has 0 aliphatic carbocycles. The molecule has 0 aliphatic rings. The second-order valence-electron chi connectivity index (χ2n) is 4.71. The average molecular weight is 295 g/mol. The molecular formula is C14H21N3O4. The first-order chi connectivity index (χ1) is 9.93. The van der Waals surface area contributed by atoms with Crippen molar-refractivity contribution in [3.05, 3.63) is 33.9 Å². The van der Waals surface area contributed by atoms with E-state index in [-0.39, 0.29) is 28.9 Å². The molecular weight excluding hydrogens is 274 g/mol. The fraction of sp³-hybridized carbons (Fsp3) is 0.500. The Labute approximate surface area is 124 Å². The van der Waals surface area contributed by atoms with Crippen LogP contribution in [0.1, 0.15) is 24.2 Å². The lowest BCUT2D eigenvalue weighted by Crippen LogP contribution is -2.38. The summed E-state index contributed by atoms with van der Waals surface area (Å²) in [5.74, 6) is -0.279. The molecule has 7 nitrogen and oxygen atoms in total.